The Kier molecular flexibility index (Phi) is 7.61. The fraction of sp³-hybridized carbons (Fsp3) is 0.182. The van der Waals surface area contributed by atoms with E-state index >= 15 is 0 Å². The predicted octanol–water partition coefficient (Wildman–Crippen LogP) is 0.755. The molecular weight excluding hydrogens is 438 g/mol. The quantitative estimate of drug-likeness (QED) is 0.424. The van der Waals surface area contributed by atoms with Gasteiger partial charge in [-0.25, -0.2) is 0 Å². The van der Waals surface area contributed by atoms with Crippen LogP contribution in [0.1, 0.15) is 13.3 Å². The maximum Gasteiger partial charge on any atom is 0.112 e. The zero-order valence-corrected chi connectivity index (χ0v) is 17.5. The van der Waals surface area contributed by atoms with Crippen LogP contribution in [-0.2, 0) is 0 Å². The van der Waals surface area contributed by atoms with Crippen LogP contribution in [0, 0.1) is 0 Å². The Balaban J connectivity index is 0.00000225. The maximum atomic E-state index is 9.97. The molecule has 0 saturated heterocycles. The number of hydrogen-bond donors (Lipinski definition) is 1. The summed E-state index contributed by atoms with van der Waals surface area (Å²) >= 11 is 0. The molecule has 0 saturated carbocycles. The SMILES string of the molecule is CC(O)CC[P+](c1ccccc1)(c1ccccc1)c1ccccc1.[I-]. The Bertz CT molecular complexity index is 648. The summed E-state index contributed by atoms with van der Waals surface area (Å²) in [4.78, 5) is 0. The second kappa shape index (κ2) is 9.47. The Hall–Kier alpha value is -1.22. The van der Waals surface area contributed by atoms with E-state index < -0.39 is 7.26 Å². The number of aliphatic hydroxyl groups excluding tert-OH is 1. The van der Waals surface area contributed by atoms with Gasteiger partial charge in [0, 0.05) is 6.42 Å². The number of hydrogen-bond acceptors (Lipinski definition) is 1. The van der Waals surface area contributed by atoms with E-state index in [2.05, 4.69) is 91.0 Å². The van der Waals surface area contributed by atoms with Crippen molar-refractivity contribution in [2.75, 3.05) is 6.16 Å². The van der Waals surface area contributed by atoms with E-state index in [4.69, 9.17) is 0 Å². The second-order valence-corrected chi connectivity index (χ2v) is 9.79. The van der Waals surface area contributed by atoms with E-state index in [9.17, 15) is 5.11 Å². The van der Waals surface area contributed by atoms with E-state index in [-0.39, 0.29) is 30.1 Å². The molecule has 1 N–H and O–H groups in total. The molecular formula is C22H24IOP. The third kappa shape index (κ3) is 4.49. The van der Waals surface area contributed by atoms with E-state index in [1.165, 1.54) is 15.9 Å². The normalized spacial score (nSPS) is 12.2. The minimum absolute atomic E-state index is 0. The van der Waals surface area contributed by atoms with Crippen molar-refractivity contribution in [1.29, 1.82) is 0 Å². The lowest BCUT2D eigenvalue weighted by atomic mass is 10.3. The number of rotatable bonds is 6. The van der Waals surface area contributed by atoms with Gasteiger partial charge in [-0.3, -0.25) is 0 Å². The summed E-state index contributed by atoms with van der Waals surface area (Å²) in [5.41, 5.74) is 0. The number of halogens is 1. The molecule has 130 valence electrons. The Morgan fingerprint density at radius 1 is 0.680 bits per heavy atom. The topological polar surface area (TPSA) is 20.2 Å². The molecule has 0 amide bonds. The molecule has 0 fully saturated rings. The highest BCUT2D eigenvalue weighted by atomic mass is 127. The molecule has 25 heavy (non-hydrogen) atoms. The van der Waals surface area contributed by atoms with Crippen LogP contribution in [0.15, 0.2) is 91.0 Å². The van der Waals surface area contributed by atoms with Crippen molar-refractivity contribution in [2.45, 2.75) is 19.4 Å². The lowest BCUT2D eigenvalue weighted by molar-refractivity contribution is -0.00000698. The molecule has 0 aliphatic rings. The lowest BCUT2D eigenvalue weighted by Gasteiger charge is -2.28. The Morgan fingerprint density at radius 2 is 1.00 bits per heavy atom. The first-order valence-corrected chi connectivity index (χ1v) is 10.4. The average Bonchev–Trinajstić information content (AvgIpc) is 2.65. The number of aliphatic hydroxyl groups is 1. The van der Waals surface area contributed by atoms with Crippen LogP contribution in [-0.4, -0.2) is 17.4 Å². The molecule has 1 unspecified atom stereocenters. The van der Waals surface area contributed by atoms with Crippen molar-refractivity contribution < 1.29 is 29.1 Å². The molecule has 3 heteroatoms. The third-order valence-electron chi connectivity index (χ3n) is 4.47. The van der Waals surface area contributed by atoms with Crippen LogP contribution < -0.4 is 39.9 Å². The van der Waals surface area contributed by atoms with Crippen LogP contribution in [0.5, 0.6) is 0 Å². The molecule has 1 atom stereocenters. The third-order valence-corrected chi connectivity index (χ3v) is 8.94. The summed E-state index contributed by atoms with van der Waals surface area (Å²) in [6, 6.07) is 32.4. The fourth-order valence-corrected chi connectivity index (χ4v) is 7.74. The summed E-state index contributed by atoms with van der Waals surface area (Å²) in [6.45, 7) is 1.88. The molecule has 0 spiro atoms. The van der Waals surface area contributed by atoms with E-state index in [0.29, 0.717) is 0 Å². The minimum Gasteiger partial charge on any atom is -1.00 e. The van der Waals surface area contributed by atoms with E-state index in [0.717, 1.165) is 12.6 Å². The van der Waals surface area contributed by atoms with Crippen molar-refractivity contribution in [3.63, 3.8) is 0 Å². The van der Waals surface area contributed by atoms with Gasteiger partial charge in [-0.2, -0.15) is 0 Å². The monoisotopic (exact) mass is 462 g/mol. The van der Waals surface area contributed by atoms with Crippen LogP contribution in [0.4, 0.5) is 0 Å². The molecule has 0 aliphatic carbocycles. The van der Waals surface area contributed by atoms with Gasteiger partial charge < -0.3 is 29.1 Å². The zero-order chi connectivity index (χ0) is 16.8. The molecule has 0 radical (unpaired) electrons. The fourth-order valence-electron chi connectivity index (χ4n) is 3.26. The molecule has 3 aromatic carbocycles. The van der Waals surface area contributed by atoms with Crippen LogP contribution in [0.2, 0.25) is 0 Å². The first kappa shape index (κ1) is 20.1. The maximum absolute atomic E-state index is 9.97. The van der Waals surface area contributed by atoms with Crippen LogP contribution in [0.3, 0.4) is 0 Å². The van der Waals surface area contributed by atoms with Gasteiger partial charge in [0.05, 0.1) is 12.3 Å². The van der Waals surface area contributed by atoms with Crippen molar-refractivity contribution >= 4 is 23.2 Å². The summed E-state index contributed by atoms with van der Waals surface area (Å²) in [6.07, 6.45) is 1.48. The summed E-state index contributed by atoms with van der Waals surface area (Å²) in [7, 11) is -1.77. The summed E-state index contributed by atoms with van der Waals surface area (Å²) in [5, 5.41) is 14.1. The first-order valence-electron chi connectivity index (χ1n) is 8.46. The van der Waals surface area contributed by atoms with Crippen molar-refractivity contribution in [1.82, 2.24) is 0 Å². The molecule has 0 aromatic heterocycles. The first-order chi connectivity index (χ1) is 11.7. The van der Waals surface area contributed by atoms with Gasteiger partial charge in [-0.1, -0.05) is 54.6 Å². The molecule has 0 aliphatic heterocycles. The highest BCUT2D eigenvalue weighted by Crippen LogP contribution is 2.55. The smallest absolute Gasteiger partial charge is 0.112 e. The average molecular weight is 462 g/mol. The standard InChI is InChI=1S/C22H24OP.HI/c1-19(23)17-18-24(20-11-5-2-6-12-20,21-13-7-3-8-14-21)22-15-9-4-10-16-22;/h2-16,19,23H,17-18H2,1H3;1H/q+1;/p-1. The molecule has 3 rings (SSSR count). The Morgan fingerprint density at radius 3 is 1.28 bits per heavy atom. The van der Waals surface area contributed by atoms with Gasteiger partial charge in [0.15, 0.2) is 0 Å². The van der Waals surface area contributed by atoms with Gasteiger partial charge >= 0.3 is 0 Å². The van der Waals surface area contributed by atoms with E-state index in [1.807, 2.05) is 6.92 Å². The number of benzene rings is 3. The highest BCUT2D eigenvalue weighted by Gasteiger charge is 2.44. The minimum atomic E-state index is -1.77. The van der Waals surface area contributed by atoms with Crippen LogP contribution >= 0.6 is 7.26 Å². The lowest BCUT2D eigenvalue weighted by Crippen LogP contribution is -3.00. The van der Waals surface area contributed by atoms with Gasteiger partial charge in [0.1, 0.15) is 23.2 Å². The Labute approximate surface area is 168 Å². The molecule has 0 bridgehead atoms. The van der Waals surface area contributed by atoms with Gasteiger partial charge in [0.25, 0.3) is 0 Å². The second-order valence-electron chi connectivity index (χ2n) is 6.18. The van der Waals surface area contributed by atoms with Crippen molar-refractivity contribution in [2.24, 2.45) is 0 Å². The van der Waals surface area contributed by atoms with Gasteiger partial charge in [0.2, 0.25) is 0 Å². The predicted molar refractivity (Wildman–Crippen MR) is 106 cm³/mol. The molecule has 0 heterocycles. The van der Waals surface area contributed by atoms with Crippen LogP contribution in [0.25, 0.3) is 0 Å². The summed E-state index contributed by atoms with van der Waals surface area (Å²) < 4.78 is 0. The van der Waals surface area contributed by atoms with Crippen molar-refractivity contribution in [3.8, 4) is 0 Å². The highest BCUT2D eigenvalue weighted by molar-refractivity contribution is 7.95. The molecule has 3 aromatic rings. The van der Waals surface area contributed by atoms with E-state index in [1.54, 1.807) is 0 Å². The zero-order valence-electron chi connectivity index (χ0n) is 14.4. The molecule has 1 nitrogen and oxygen atoms in total. The summed E-state index contributed by atoms with van der Waals surface area (Å²) in [5.74, 6) is 0. The largest absolute Gasteiger partial charge is 1.00 e. The van der Waals surface area contributed by atoms with Crippen molar-refractivity contribution in [3.05, 3.63) is 91.0 Å². The van der Waals surface area contributed by atoms with Gasteiger partial charge in [-0.05, 0) is 43.3 Å². The van der Waals surface area contributed by atoms with Gasteiger partial charge in [-0.15, -0.1) is 0 Å².